The van der Waals surface area contributed by atoms with Gasteiger partial charge in [-0.2, -0.15) is 0 Å². The first-order valence-electron chi connectivity index (χ1n) is 7.41. The molecule has 2 fully saturated rings. The second-order valence-corrected chi connectivity index (χ2v) is 5.54. The van der Waals surface area contributed by atoms with Crippen molar-refractivity contribution in [2.24, 2.45) is 0 Å². The summed E-state index contributed by atoms with van der Waals surface area (Å²) in [5.74, 6) is 0.461. The van der Waals surface area contributed by atoms with Crippen LogP contribution < -0.4 is 0 Å². The highest BCUT2D eigenvalue weighted by atomic mass is 16.3. The number of hydrogen-bond acceptors (Lipinski definition) is 4. The van der Waals surface area contributed by atoms with E-state index >= 15 is 0 Å². The number of rotatable bonds is 3. The fraction of sp³-hybridized carbons (Fsp3) is 0.929. The minimum Gasteiger partial charge on any atom is -0.395 e. The third kappa shape index (κ3) is 3.77. The molecule has 1 unspecified atom stereocenters. The van der Waals surface area contributed by atoms with Crippen molar-refractivity contribution in [2.75, 3.05) is 39.3 Å². The van der Waals surface area contributed by atoms with Crippen molar-refractivity contribution in [3.63, 3.8) is 0 Å². The van der Waals surface area contributed by atoms with Gasteiger partial charge in [0.25, 0.3) is 0 Å². The maximum absolute atomic E-state index is 12.1. The number of Topliss-reactive ketones (excluding diaryl/α,β-unsaturated/α-hetero) is 1. The number of aliphatic hydroxyl groups excluding tert-OH is 1. The number of aliphatic hydroxyl groups is 1. The zero-order valence-corrected chi connectivity index (χ0v) is 11.3. The quantitative estimate of drug-likeness (QED) is 0.760. The van der Waals surface area contributed by atoms with Crippen molar-refractivity contribution < 1.29 is 9.90 Å². The summed E-state index contributed by atoms with van der Waals surface area (Å²) in [5, 5.41) is 8.99. The minimum absolute atomic E-state index is 0.182. The van der Waals surface area contributed by atoms with Crippen LogP contribution >= 0.6 is 0 Å². The number of nitrogens with zero attached hydrogens (tertiary/aromatic N) is 2. The molecule has 18 heavy (non-hydrogen) atoms. The van der Waals surface area contributed by atoms with Crippen molar-refractivity contribution in [1.82, 2.24) is 9.80 Å². The molecule has 4 heteroatoms. The van der Waals surface area contributed by atoms with Crippen molar-refractivity contribution in [3.05, 3.63) is 0 Å². The average molecular weight is 254 g/mol. The molecule has 2 aliphatic rings. The summed E-state index contributed by atoms with van der Waals surface area (Å²) < 4.78 is 0. The molecule has 0 spiro atoms. The van der Waals surface area contributed by atoms with Crippen LogP contribution in [0.5, 0.6) is 0 Å². The normalized spacial score (nSPS) is 28.9. The third-order valence-electron chi connectivity index (χ3n) is 4.25. The van der Waals surface area contributed by atoms with Gasteiger partial charge in [-0.1, -0.05) is 12.8 Å². The second-order valence-electron chi connectivity index (χ2n) is 5.54. The van der Waals surface area contributed by atoms with Crippen LogP contribution in [0.3, 0.4) is 0 Å². The molecule has 1 atom stereocenters. The summed E-state index contributed by atoms with van der Waals surface area (Å²) in [7, 11) is 0. The van der Waals surface area contributed by atoms with Gasteiger partial charge in [0.15, 0.2) is 0 Å². The van der Waals surface area contributed by atoms with Crippen molar-refractivity contribution in [3.8, 4) is 0 Å². The van der Waals surface area contributed by atoms with Gasteiger partial charge in [0.1, 0.15) is 5.78 Å². The smallest absolute Gasteiger partial charge is 0.149 e. The largest absolute Gasteiger partial charge is 0.395 e. The lowest BCUT2D eigenvalue weighted by atomic mass is 10.1. The van der Waals surface area contributed by atoms with Gasteiger partial charge in [-0.15, -0.1) is 0 Å². The van der Waals surface area contributed by atoms with Gasteiger partial charge in [-0.25, -0.2) is 0 Å². The first-order valence-corrected chi connectivity index (χ1v) is 7.41. The van der Waals surface area contributed by atoms with E-state index in [2.05, 4.69) is 9.80 Å². The Labute approximate surface area is 110 Å². The molecule has 4 nitrogen and oxygen atoms in total. The van der Waals surface area contributed by atoms with E-state index in [9.17, 15) is 4.79 Å². The summed E-state index contributed by atoms with van der Waals surface area (Å²) in [6.45, 7) is 5.08. The van der Waals surface area contributed by atoms with Gasteiger partial charge in [0, 0.05) is 32.6 Å². The Balaban J connectivity index is 1.89. The van der Waals surface area contributed by atoms with Gasteiger partial charge in [0.2, 0.25) is 0 Å². The van der Waals surface area contributed by atoms with Crippen LogP contribution in [0, 0.1) is 0 Å². The lowest BCUT2D eigenvalue weighted by molar-refractivity contribution is -0.124. The van der Waals surface area contributed by atoms with Crippen LogP contribution in [0.2, 0.25) is 0 Å². The number of carbonyl (C=O) groups is 1. The number of hydrogen-bond donors (Lipinski definition) is 1. The average Bonchev–Trinajstić information content (AvgIpc) is 2.70. The molecule has 104 valence electrons. The fourth-order valence-corrected chi connectivity index (χ4v) is 3.20. The molecule has 2 rings (SSSR count). The molecular weight excluding hydrogens is 228 g/mol. The molecule has 0 amide bonds. The minimum atomic E-state index is 0.182. The monoisotopic (exact) mass is 254 g/mol. The van der Waals surface area contributed by atoms with E-state index in [4.69, 9.17) is 5.11 Å². The van der Waals surface area contributed by atoms with E-state index in [1.807, 2.05) is 0 Å². The highest BCUT2D eigenvalue weighted by Gasteiger charge is 2.28. The third-order valence-corrected chi connectivity index (χ3v) is 4.25. The molecule has 0 radical (unpaired) electrons. The maximum atomic E-state index is 12.1. The number of β-amino-alcohol motifs (C(OH)–C–C–N with tert-alkyl or cyclic N) is 1. The molecule has 0 aromatic heterocycles. The van der Waals surface area contributed by atoms with Crippen molar-refractivity contribution >= 4 is 5.78 Å². The van der Waals surface area contributed by atoms with Gasteiger partial charge >= 0.3 is 0 Å². The second kappa shape index (κ2) is 7.22. The maximum Gasteiger partial charge on any atom is 0.149 e. The summed E-state index contributed by atoms with van der Waals surface area (Å²) in [6.07, 6.45) is 6.45. The van der Waals surface area contributed by atoms with Crippen molar-refractivity contribution in [2.45, 2.75) is 44.6 Å². The van der Waals surface area contributed by atoms with Crippen LogP contribution in [0.25, 0.3) is 0 Å². The molecule has 1 aliphatic carbocycles. The van der Waals surface area contributed by atoms with Crippen LogP contribution in [0.15, 0.2) is 0 Å². The molecule has 1 heterocycles. The molecule has 0 aromatic carbocycles. The van der Waals surface area contributed by atoms with E-state index in [0.29, 0.717) is 5.78 Å². The SMILES string of the molecule is O=C1CCCCCC1N1CCCN(CCO)CC1. The standard InChI is InChI=1S/C14H26N2O2/c17-12-11-15-7-4-8-16(10-9-15)13-5-2-1-3-6-14(13)18/h13,17H,1-12H2. The highest BCUT2D eigenvalue weighted by molar-refractivity contribution is 5.84. The van der Waals surface area contributed by atoms with Gasteiger partial charge in [-0.3, -0.25) is 14.6 Å². The summed E-state index contributed by atoms with van der Waals surface area (Å²) >= 11 is 0. The number of ketones is 1. The first kappa shape index (κ1) is 14.0. The highest BCUT2D eigenvalue weighted by Crippen LogP contribution is 2.20. The van der Waals surface area contributed by atoms with Crippen molar-refractivity contribution in [1.29, 1.82) is 0 Å². The van der Waals surface area contributed by atoms with Gasteiger partial charge in [-0.05, 0) is 25.8 Å². The molecule has 1 aliphatic heterocycles. The Hall–Kier alpha value is -0.450. The summed E-state index contributed by atoms with van der Waals surface area (Å²) in [5.41, 5.74) is 0. The van der Waals surface area contributed by atoms with Gasteiger partial charge < -0.3 is 5.11 Å². The van der Waals surface area contributed by atoms with Crippen LogP contribution in [-0.2, 0) is 4.79 Å². The lowest BCUT2D eigenvalue weighted by Crippen LogP contribution is -2.43. The predicted molar refractivity (Wildman–Crippen MR) is 71.6 cm³/mol. The predicted octanol–water partition coefficient (Wildman–Crippen LogP) is 0.888. The summed E-state index contributed by atoms with van der Waals surface area (Å²) in [4.78, 5) is 16.8. The molecule has 1 N–H and O–H groups in total. The zero-order chi connectivity index (χ0) is 12.8. The number of carbonyl (C=O) groups excluding carboxylic acids is 1. The molecular formula is C14H26N2O2. The molecule has 0 aromatic rings. The fourth-order valence-electron chi connectivity index (χ4n) is 3.20. The van der Waals surface area contributed by atoms with E-state index in [1.54, 1.807) is 0 Å². The Morgan fingerprint density at radius 3 is 2.78 bits per heavy atom. The van der Waals surface area contributed by atoms with Crippen LogP contribution in [0.1, 0.15) is 38.5 Å². The van der Waals surface area contributed by atoms with E-state index in [1.165, 1.54) is 12.8 Å². The first-order chi connectivity index (χ1) is 8.81. The lowest BCUT2D eigenvalue weighted by Gasteiger charge is -2.28. The van der Waals surface area contributed by atoms with Gasteiger partial charge in [0.05, 0.1) is 12.6 Å². The Bertz CT molecular complexity index is 271. The Kier molecular flexibility index (Phi) is 5.60. The molecule has 0 bridgehead atoms. The topological polar surface area (TPSA) is 43.8 Å². The Morgan fingerprint density at radius 1 is 1.06 bits per heavy atom. The van der Waals surface area contributed by atoms with E-state index < -0.39 is 0 Å². The molecule has 1 saturated heterocycles. The molecule has 1 saturated carbocycles. The van der Waals surface area contributed by atoms with E-state index in [0.717, 1.165) is 58.4 Å². The summed E-state index contributed by atoms with van der Waals surface area (Å²) in [6, 6.07) is 0.182. The Morgan fingerprint density at radius 2 is 1.94 bits per heavy atom. The zero-order valence-electron chi connectivity index (χ0n) is 11.3. The van der Waals surface area contributed by atoms with Crippen LogP contribution in [0.4, 0.5) is 0 Å². The van der Waals surface area contributed by atoms with Crippen LogP contribution in [-0.4, -0.2) is 66.1 Å². The van der Waals surface area contributed by atoms with E-state index in [-0.39, 0.29) is 12.6 Å².